The average molecular weight is 446 g/mol. The number of anilines is 2. The number of carbonyl (C=O) groups is 1. The van der Waals surface area contributed by atoms with Gasteiger partial charge in [0, 0.05) is 13.1 Å². The van der Waals surface area contributed by atoms with Crippen LogP contribution in [-0.4, -0.2) is 56.6 Å². The van der Waals surface area contributed by atoms with Crippen LogP contribution in [0.3, 0.4) is 0 Å². The number of carbonyl (C=O) groups excluding carboxylic acids is 1. The number of nitrogens with one attached hydrogen (secondary N) is 2. The Balaban J connectivity index is 1.83. The molecule has 2 heterocycles. The van der Waals surface area contributed by atoms with Gasteiger partial charge < -0.3 is 0 Å². The van der Waals surface area contributed by atoms with Crippen molar-refractivity contribution in [3.63, 3.8) is 0 Å². The molecule has 0 bridgehead atoms. The summed E-state index contributed by atoms with van der Waals surface area (Å²) in [4.78, 5) is 12.6. The Kier molecular flexibility index (Phi) is 5.98. The summed E-state index contributed by atoms with van der Waals surface area (Å²) in [5.41, 5.74) is -0.0131. The maximum atomic E-state index is 13.0. The smallest absolute Gasteiger partial charge is 0.258 e. The molecule has 1 amide bonds. The maximum Gasteiger partial charge on any atom is 0.258 e. The van der Waals surface area contributed by atoms with Crippen LogP contribution in [0.15, 0.2) is 29.2 Å². The Morgan fingerprint density at radius 1 is 1.04 bits per heavy atom. The van der Waals surface area contributed by atoms with E-state index in [4.69, 9.17) is 0 Å². The summed E-state index contributed by atoms with van der Waals surface area (Å²) in [7, 11) is -7.32. The molecule has 1 aromatic carbocycles. The molecule has 152 valence electrons. The van der Waals surface area contributed by atoms with E-state index < -0.39 is 26.0 Å². The highest BCUT2D eigenvalue weighted by Gasteiger charge is 2.30. The molecule has 1 aliphatic rings. The quantitative estimate of drug-likeness (QED) is 0.684. The lowest BCUT2D eigenvalue weighted by Gasteiger charge is -2.26. The first-order valence-corrected chi connectivity index (χ1v) is 12.5. The number of rotatable bonds is 6. The SMILES string of the molecule is CS(=O)(=O)Nc1nnc(NC(=O)c2ccccc2S(=O)(=O)N2CCCCC2)s1. The Morgan fingerprint density at radius 2 is 1.68 bits per heavy atom. The van der Waals surface area contributed by atoms with Crippen molar-refractivity contribution in [1.29, 1.82) is 0 Å². The Morgan fingerprint density at radius 3 is 2.36 bits per heavy atom. The van der Waals surface area contributed by atoms with Crippen LogP contribution < -0.4 is 10.0 Å². The number of hydrogen-bond acceptors (Lipinski definition) is 8. The fraction of sp³-hybridized carbons (Fsp3) is 0.400. The third-order valence-corrected chi connectivity index (χ3v) is 7.39. The Labute approximate surface area is 167 Å². The summed E-state index contributed by atoms with van der Waals surface area (Å²) in [5.74, 6) is -0.668. The van der Waals surface area contributed by atoms with E-state index in [2.05, 4.69) is 20.2 Å². The zero-order valence-corrected chi connectivity index (χ0v) is 17.4. The first kappa shape index (κ1) is 20.6. The van der Waals surface area contributed by atoms with E-state index in [1.54, 1.807) is 12.1 Å². The molecule has 13 heteroatoms. The van der Waals surface area contributed by atoms with Gasteiger partial charge in [0.2, 0.25) is 30.3 Å². The third-order valence-electron chi connectivity index (χ3n) is 3.98. The second-order valence-corrected chi connectivity index (χ2v) is 10.8. The molecule has 0 saturated carbocycles. The fourth-order valence-corrected chi connectivity index (χ4v) is 5.94. The number of hydrogen-bond donors (Lipinski definition) is 2. The van der Waals surface area contributed by atoms with Gasteiger partial charge in [-0.25, -0.2) is 16.8 Å². The van der Waals surface area contributed by atoms with E-state index in [1.807, 2.05) is 0 Å². The number of benzene rings is 1. The lowest BCUT2D eigenvalue weighted by atomic mass is 10.2. The van der Waals surface area contributed by atoms with E-state index in [1.165, 1.54) is 16.4 Å². The van der Waals surface area contributed by atoms with Crippen LogP contribution in [0.25, 0.3) is 0 Å². The lowest BCUT2D eigenvalue weighted by Crippen LogP contribution is -2.36. The number of sulfonamides is 2. The molecular formula is C15H19N5O5S3. The molecule has 0 aliphatic carbocycles. The van der Waals surface area contributed by atoms with E-state index in [0.717, 1.165) is 36.9 Å². The number of piperidine rings is 1. The molecule has 1 fully saturated rings. The molecule has 28 heavy (non-hydrogen) atoms. The molecule has 3 rings (SSSR count). The zero-order chi connectivity index (χ0) is 20.4. The molecule has 2 N–H and O–H groups in total. The van der Waals surface area contributed by atoms with Gasteiger partial charge in [-0.3, -0.25) is 14.8 Å². The number of nitrogens with zero attached hydrogens (tertiary/aromatic N) is 3. The van der Waals surface area contributed by atoms with E-state index in [9.17, 15) is 21.6 Å². The Hall–Kier alpha value is -2.09. The van der Waals surface area contributed by atoms with Gasteiger partial charge in [0.15, 0.2) is 0 Å². The zero-order valence-electron chi connectivity index (χ0n) is 15.0. The second-order valence-electron chi connectivity index (χ2n) is 6.20. The minimum Gasteiger partial charge on any atom is -0.296 e. The molecular weight excluding hydrogens is 426 g/mol. The molecule has 0 spiro atoms. The summed E-state index contributed by atoms with van der Waals surface area (Å²) in [6.07, 6.45) is 3.52. The Bertz CT molecular complexity index is 1070. The minimum absolute atomic E-state index is 0.00739. The van der Waals surface area contributed by atoms with Gasteiger partial charge >= 0.3 is 0 Å². The third kappa shape index (κ3) is 4.84. The van der Waals surface area contributed by atoms with Crippen molar-refractivity contribution in [1.82, 2.24) is 14.5 Å². The highest BCUT2D eigenvalue weighted by Crippen LogP contribution is 2.26. The van der Waals surface area contributed by atoms with E-state index >= 15 is 0 Å². The summed E-state index contributed by atoms with van der Waals surface area (Å²) in [6.45, 7) is 0.852. The van der Waals surface area contributed by atoms with Gasteiger partial charge in [0.1, 0.15) is 0 Å². The molecule has 1 aliphatic heterocycles. The largest absolute Gasteiger partial charge is 0.296 e. The van der Waals surface area contributed by atoms with Crippen LogP contribution in [0.2, 0.25) is 0 Å². The van der Waals surface area contributed by atoms with Crippen LogP contribution in [0, 0.1) is 0 Å². The summed E-state index contributed by atoms with van der Waals surface area (Å²) >= 11 is 0.820. The van der Waals surface area contributed by atoms with Gasteiger partial charge in [-0.2, -0.15) is 4.31 Å². The summed E-state index contributed by atoms with van der Waals surface area (Å²) in [5, 5.41) is 9.83. The van der Waals surface area contributed by atoms with E-state index in [-0.39, 0.29) is 20.7 Å². The van der Waals surface area contributed by atoms with Crippen molar-refractivity contribution < 1.29 is 21.6 Å². The van der Waals surface area contributed by atoms with Gasteiger partial charge in [-0.15, -0.1) is 10.2 Å². The lowest BCUT2D eigenvalue weighted by molar-refractivity contribution is 0.102. The topological polar surface area (TPSA) is 138 Å². The monoisotopic (exact) mass is 445 g/mol. The molecule has 10 nitrogen and oxygen atoms in total. The second kappa shape index (κ2) is 8.11. The van der Waals surface area contributed by atoms with Crippen LogP contribution in [0.1, 0.15) is 29.6 Å². The van der Waals surface area contributed by atoms with E-state index in [0.29, 0.717) is 13.1 Å². The van der Waals surface area contributed by atoms with Crippen molar-refractivity contribution in [3.8, 4) is 0 Å². The molecule has 2 aromatic rings. The fourth-order valence-electron chi connectivity index (χ4n) is 2.76. The van der Waals surface area contributed by atoms with Crippen LogP contribution in [0.5, 0.6) is 0 Å². The predicted octanol–water partition coefficient (Wildman–Crippen LogP) is 1.34. The molecule has 1 saturated heterocycles. The summed E-state index contributed by atoms with van der Waals surface area (Å²) < 4.78 is 51.9. The normalized spacial score (nSPS) is 15.9. The van der Waals surface area contributed by atoms with Crippen molar-refractivity contribution >= 4 is 47.6 Å². The van der Waals surface area contributed by atoms with Gasteiger partial charge in [0.25, 0.3) is 5.91 Å². The van der Waals surface area contributed by atoms with Crippen LogP contribution in [0.4, 0.5) is 10.3 Å². The first-order chi connectivity index (χ1) is 13.2. The molecule has 0 radical (unpaired) electrons. The standard InChI is InChI=1S/C15H19N5O5S3/c1-27(22,23)19-15-18-17-14(26-15)16-13(21)11-7-3-4-8-12(11)28(24,25)20-9-5-2-6-10-20/h3-4,7-8H,2,5-6,9-10H2,1H3,(H,18,19)(H,16,17,21). The first-order valence-electron chi connectivity index (χ1n) is 8.39. The van der Waals surface area contributed by atoms with Crippen molar-refractivity contribution in [2.75, 3.05) is 29.4 Å². The summed E-state index contributed by atoms with van der Waals surface area (Å²) in [6, 6.07) is 5.95. The minimum atomic E-state index is -3.80. The van der Waals surface area contributed by atoms with Crippen molar-refractivity contribution in [2.45, 2.75) is 24.2 Å². The van der Waals surface area contributed by atoms with Crippen LogP contribution >= 0.6 is 11.3 Å². The maximum absolute atomic E-state index is 13.0. The van der Waals surface area contributed by atoms with Gasteiger partial charge in [0.05, 0.1) is 16.7 Å². The molecule has 0 atom stereocenters. The van der Waals surface area contributed by atoms with Crippen molar-refractivity contribution in [2.24, 2.45) is 0 Å². The highest BCUT2D eigenvalue weighted by atomic mass is 32.2. The predicted molar refractivity (Wildman–Crippen MR) is 105 cm³/mol. The molecule has 0 unspecified atom stereocenters. The van der Waals surface area contributed by atoms with Crippen LogP contribution in [-0.2, 0) is 20.0 Å². The van der Waals surface area contributed by atoms with Crippen molar-refractivity contribution in [3.05, 3.63) is 29.8 Å². The molecule has 1 aromatic heterocycles. The highest BCUT2D eigenvalue weighted by molar-refractivity contribution is 7.92. The number of aromatic nitrogens is 2. The van der Waals surface area contributed by atoms with Gasteiger partial charge in [-0.05, 0) is 25.0 Å². The number of amides is 1. The van der Waals surface area contributed by atoms with Gasteiger partial charge in [-0.1, -0.05) is 29.9 Å². The average Bonchev–Trinajstić information content (AvgIpc) is 3.07.